The number of rotatable bonds is 30. The van der Waals surface area contributed by atoms with Gasteiger partial charge in [-0.05, 0) is 19.3 Å². The van der Waals surface area contributed by atoms with Gasteiger partial charge in [0, 0.05) is 19.3 Å². The molecule has 0 aliphatic rings. The number of carbonyl (C=O) groups is 3. The Morgan fingerprint density at radius 1 is 0.400 bits per heavy atom. The van der Waals surface area contributed by atoms with Crippen molar-refractivity contribution in [1.29, 1.82) is 0 Å². The lowest BCUT2D eigenvalue weighted by atomic mass is 10.0. The Balaban J connectivity index is 4.04. The van der Waals surface area contributed by atoms with Crippen molar-refractivity contribution in [2.24, 2.45) is 0 Å². The molecule has 1 atom stereocenters. The van der Waals surface area contributed by atoms with Gasteiger partial charge in [0.05, 0.1) is 0 Å². The number of unbranched alkanes of at least 4 members (excludes halogenated alkanes) is 19. The van der Waals surface area contributed by atoms with Crippen LogP contribution >= 0.6 is 0 Å². The van der Waals surface area contributed by atoms with Crippen LogP contribution in [-0.2, 0) is 28.6 Å². The summed E-state index contributed by atoms with van der Waals surface area (Å²) in [6.45, 7) is 6.33. The van der Waals surface area contributed by atoms with E-state index in [1.807, 2.05) is 6.92 Å². The maximum absolute atomic E-state index is 12.2. The standard InChI is InChI=1S/C34H64O6/c1-4-7-10-12-14-15-16-17-18-19-21-23-25-28-33(36)39-30-31(40-34(37)26-9-6-3)29-38-32(35)27-24-22-20-13-11-8-5-2/h31H,4-30H2,1-3H3. The fourth-order valence-electron chi connectivity index (χ4n) is 4.71. The smallest absolute Gasteiger partial charge is 0.306 e. The molecule has 0 rings (SSSR count). The zero-order valence-corrected chi connectivity index (χ0v) is 26.6. The van der Waals surface area contributed by atoms with E-state index in [1.54, 1.807) is 0 Å². The van der Waals surface area contributed by atoms with Gasteiger partial charge in [0.1, 0.15) is 13.2 Å². The van der Waals surface area contributed by atoms with Crippen LogP contribution in [-0.4, -0.2) is 37.2 Å². The molecule has 0 aliphatic heterocycles. The van der Waals surface area contributed by atoms with Gasteiger partial charge in [0.25, 0.3) is 0 Å². The Morgan fingerprint density at radius 3 is 1.05 bits per heavy atom. The highest BCUT2D eigenvalue weighted by Crippen LogP contribution is 2.14. The quantitative estimate of drug-likeness (QED) is 0.0487. The average Bonchev–Trinajstić information content (AvgIpc) is 2.95. The predicted molar refractivity (Wildman–Crippen MR) is 164 cm³/mol. The highest BCUT2D eigenvalue weighted by molar-refractivity contribution is 5.71. The lowest BCUT2D eigenvalue weighted by molar-refractivity contribution is -0.167. The van der Waals surface area contributed by atoms with E-state index in [1.165, 1.54) is 89.9 Å². The van der Waals surface area contributed by atoms with E-state index in [-0.39, 0.29) is 31.1 Å². The zero-order valence-electron chi connectivity index (χ0n) is 26.6. The van der Waals surface area contributed by atoms with Gasteiger partial charge in [-0.15, -0.1) is 0 Å². The molecule has 0 spiro atoms. The van der Waals surface area contributed by atoms with Crippen LogP contribution in [0, 0.1) is 0 Å². The van der Waals surface area contributed by atoms with Crippen molar-refractivity contribution in [3.05, 3.63) is 0 Å². The molecular formula is C34H64O6. The zero-order chi connectivity index (χ0) is 29.5. The lowest BCUT2D eigenvalue weighted by Gasteiger charge is -2.18. The van der Waals surface area contributed by atoms with E-state index in [0.29, 0.717) is 19.3 Å². The molecule has 1 unspecified atom stereocenters. The third kappa shape index (κ3) is 28.0. The second-order valence-corrected chi connectivity index (χ2v) is 11.4. The molecular weight excluding hydrogens is 504 g/mol. The summed E-state index contributed by atoms with van der Waals surface area (Å²) in [5.74, 6) is -0.920. The minimum absolute atomic E-state index is 0.0696. The van der Waals surface area contributed by atoms with Crippen LogP contribution < -0.4 is 0 Å². The molecule has 40 heavy (non-hydrogen) atoms. The number of carbonyl (C=O) groups excluding carboxylic acids is 3. The summed E-state index contributed by atoms with van der Waals surface area (Å²) in [6, 6.07) is 0. The second kappa shape index (κ2) is 30.4. The first-order valence-corrected chi connectivity index (χ1v) is 17.0. The van der Waals surface area contributed by atoms with Gasteiger partial charge in [-0.3, -0.25) is 14.4 Å². The summed E-state index contributed by atoms with van der Waals surface area (Å²) < 4.78 is 16.2. The summed E-state index contributed by atoms with van der Waals surface area (Å²) in [6.07, 6.45) is 26.2. The second-order valence-electron chi connectivity index (χ2n) is 11.4. The monoisotopic (exact) mass is 568 g/mol. The van der Waals surface area contributed by atoms with Crippen molar-refractivity contribution < 1.29 is 28.6 Å². The topological polar surface area (TPSA) is 78.9 Å². The van der Waals surface area contributed by atoms with Gasteiger partial charge in [-0.1, -0.05) is 143 Å². The van der Waals surface area contributed by atoms with Gasteiger partial charge in [0.15, 0.2) is 6.10 Å². The van der Waals surface area contributed by atoms with Gasteiger partial charge in [-0.25, -0.2) is 0 Å². The molecule has 0 bridgehead atoms. The fraction of sp³-hybridized carbons (Fsp3) is 0.912. The van der Waals surface area contributed by atoms with Crippen LogP contribution in [0.5, 0.6) is 0 Å². The van der Waals surface area contributed by atoms with E-state index in [2.05, 4.69) is 13.8 Å². The molecule has 0 saturated carbocycles. The minimum Gasteiger partial charge on any atom is -0.462 e. The first kappa shape index (κ1) is 38.4. The summed E-state index contributed by atoms with van der Waals surface area (Å²) in [5, 5.41) is 0. The molecule has 0 radical (unpaired) electrons. The highest BCUT2D eigenvalue weighted by atomic mass is 16.6. The molecule has 0 amide bonds. The van der Waals surface area contributed by atoms with E-state index in [0.717, 1.165) is 51.4 Å². The lowest BCUT2D eigenvalue weighted by Crippen LogP contribution is -2.30. The van der Waals surface area contributed by atoms with E-state index < -0.39 is 6.10 Å². The maximum atomic E-state index is 12.2. The molecule has 6 nitrogen and oxygen atoms in total. The Morgan fingerprint density at radius 2 is 0.700 bits per heavy atom. The van der Waals surface area contributed by atoms with Gasteiger partial charge >= 0.3 is 17.9 Å². The van der Waals surface area contributed by atoms with Crippen LogP contribution in [0.3, 0.4) is 0 Å². The number of ether oxygens (including phenoxy) is 3. The van der Waals surface area contributed by atoms with Crippen LogP contribution in [0.25, 0.3) is 0 Å². The van der Waals surface area contributed by atoms with E-state index >= 15 is 0 Å². The largest absolute Gasteiger partial charge is 0.462 e. The van der Waals surface area contributed by atoms with Crippen LogP contribution in [0.2, 0.25) is 0 Å². The van der Waals surface area contributed by atoms with Crippen molar-refractivity contribution in [3.63, 3.8) is 0 Å². The minimum atomic E-state index is -0.752. The molecule has 0 aliphatic carbocycles. The first-order valence-electron chi connectivity index (χ1n) is 17.0. The summed E-state index contributed by atoms with van der Waals surface area (Å²) >= 11 is 0. The molecule has 0 aromatic carbocycles. The molecule has 0 heterocycles. The van der Waals surface area contributed by atoms with Crippen molar-refractivity contribution in [2.45, 2.75) is 187 Å². The Bertz CT molecular complexity index is 591. The average molecular weight is 569 g/mol. The van der Waals surface area contributed by atoms with E-state index in [4.69, 9.17) is 14.2 Å². The number of hydrogen-bond acceptors (Lipinski definition) is 6. The molecule has 6 heteroatoms. The third-order valence-electron chi connectivity index (χ3n) is 7.36. The summed E-state index contributed by atoms with van der Waals surface area (Å²) in [5.41, 5.74) is 0. The Labute approximate surface area is 247 Å². The maximum Gasteiger partial charge on any atom is 0.306 e. The Kier molecular flexibility index (Phi) is 29.2. The van der Waals surface area contributed by atoms with Crippen LogP contribution in [0.1, 0.15) is 181 Å². The normalized spacial score (nSPS) is 11.8. The molecule has 236 valence electrons. The molecule has 0 fully saturated rings. The predicted octanol–water partition coefficient (Wildman–Crippen LogP) is 9.80. The third-order valence-corrected chi connectivity index (χ3v) is 7.36. The highest BCUT2D eigenvalue weighted by Gasteiger charge is 2.19. The molecule has 0 N–H and O–H groups in total. The van der Waals surface area contributed by atoms with Crippen molar-refractivity contribution in [1.82, 2.24) is 0 Å². The number of hydrogen-bond donors (Lipinski definition) is 0. The summed E-state index contributed by atoms with van der Waals surface area (Å²) in [4.78, 5) is 36.5. The van der Waals surface area contributed by atoms with Gasteiger partial charge in [-0.2, -0.15) is 0 Å². The van der Waals surface area contributed by atoms with E-state index in [9.17, 15) is 14.4 Å². The van der Waals surface area contributed by atoms with Crippen molar-refractivity contribution >= 4 is 17.9 Å². The number of esters is 3. The van der Waals surface area contributed by atoms with Crippen LogP contribution in [0.4, 0.5) is 0 Å². The molecule has 0 aromatic heterocycles. The summed E-state index contributed by atoms with van der Waals surface area (Å²) in [7, 11) is 0. The molecule has 0 saturated heterocycles. The Hall–Kier alpha value is -1.59. The van der Waals surface area contributed by atoms with Crippen LogP contribution in [0.15, 0.2) is 0 Å². The van der Waals surface area contributed by atoms with Gasteiger partial charge in [0.2, 0.25) is 0 Å². The fourth-order valence-corrected chi connectivity index (χ4v) is 4.71. The molecule has 0 aromatic rings. The van der Waals surface area contributed by atoms with Crippen molar-refractivity contribution in [3.8, 4) is 0 Å². The van der Waals surface area contributed by atoms with Gasteiger partial charge < -0.3 is 14.2 Å². The first-order chi connectivity index (χ1) is 19.5. The van der Waals surface area contributed by atoms with Crippen molar-refractivity contribution in [2.75, 3.05) is 13.2 Å². The SMILES string of the molecule is CCCCCCCCCCCCCCCC(=O)OCC(COC(=O)CCCCCCCCC)OC(=O)CCCC.